The standard InChI is InChI=1S/C20H29N3O4/c1-26-17-5-2-4-16(14-17)20(25)23(15-18-6-3-13-27-18)10-7-19(24)22-11-8-21-9-12-22/h2,4-5,14,18,21H,3,6-13,15H2,1H3/t18-/m0/s1. The number of methoxy groups -OCH3 is 1. The molecular formula is C20H29N3O4. The summed E-state index contributed by atoms with van der Waals surface area (Å²) < 4.78 is 10.9. The van der Waals surface area contributed by atoms with Crippen molar-refractivity contribution in [2.45, 2.75) is 25.4 Å². The van der Waals surface area contributed by atoms with Gasteiger partial charge in [-0.3, -0.25) is 9.59 Å². The van der Waals surface area contributed by atoms with Gasteiger partial charge >= 0.3 is 0 Å². The lowest BCUT2D eigenvalue weighted by molar-refractivity contribution is -0.132. The fraction of sp³-hybridized carbons (Fsp3) is 0.600. The van der Waals surface area contributed by atoms with Crippen molar-refractivity contribution in [1.29, 1.82) is 0 Å². The van der Waals surface area contributed by atoms with Crippen molar-refractivity contribution >= 4 is 11.8 Å². The number of benzene rings is 1. The van der Waals surface area contributed by atoms with Crippen LogP contribution in [0.3, 0.4) is 0 Å². The molecule has 0 spiro atoms. The number of nitrogens with one attached hydrogen (secondary N) is 1. The van der Waals surface area contributed by atoms with Gasteiger partial charge in [0.2, 0.25) is 5.91 Å². The molecule has 2 amide bonds. The quantitative estimate of drug-likeness (QED) is 0.774. The van der Waals surface area contributed by atoms with E-state index in [0.29, 0.717) is 30.8 Å². The van der Waals surface area contributed by atoms with Crippen LogP contribution in [0.15, 0.2) is 24.3 Å². The molecule has 2 heterocycles. The fourth-order valence-electron chi connectivity index (χ4n) is 3.55. The van der Waals surface area contributed by atoms with Crippen molar-refractivity contribution in [2.75, 3.05) is 53.0 Å². The molecule has 0 aromatic heterocycles. The highest BCUT2D eigenvalue weighted by Crippen LogP contribution is 2.18. The first-order chi connectivity index (χ1) is 13.2. The summed E-state index contributed by atoms with van der Waals surface area (Å²) in [7, 11) is 1.58. The van der Waals surface area contributed by atoms with Crippen LogP contribution in [0, 0.1) is 0 Å². The zero-order chi connectivity index (χ0) is 19.1. The first kappa shape index (κ1) is 19.6. The van der Waals surface area contributed by atoms with Crippen LogP contribution in [-0.4, -0.2) is 80.7 Å². The van der Waals surface area contributed by atoms with Gasteiger partial charge in [0.05, 0.1) is 13.2 Å². The van der Waals surface area contributed by atoms with Crippen molar-refractivity contribution in [3.05, 3.63) is 29.8 Å². The highest BCUT2D eigenvalue weighted by atomic mass is 16.5. The predicted molar refractivity (Wildman–Crippen MR) is 102 cm³/mol. The van der Waals surface area contributed by atoms with Gasteiger partial charge in [0.25, 0.3) is 5.91 Å². The molecule has 7 heteroatoms. The fourth-order valence-corrected chi connectivity index (χ4v) is 3.55. The zero-order valence-electron chi connectivity index (χ0n) is 16.0. The van der Waals surface area contributed by atoms with Gasteiger partial charge in [0, 0.05) is 57.9 Å². The monoisotopic (exact) mass is 375 g/mol. The third-order valence-electron chi connectivity index (χ3n) is 5.12. The van der Waals surface area contributed by atoms with Crippen LogP contribution < -0.4 is 10.1 Å². The Balaban J connectivity index is 1.65. The van der Waals surface area contributed by atoms with Gasteiger partial charge in [-0.2, -0.15) is 0 Å². The lowest BCUT2D eigenvalue weighted by Gasteiger charge is -2.30. The van der Waals surface area contributed by atoms with E-state index in [1.54, 1.807) is 24.1 Å². The smallest absolute Gasteiger partial charge is 0.254 e. The average molecular weight is 375 g/mol. The Kier molecular flexibility index (Phi) is 7.06. The van der Waals surface area contributed by atoms with E-state index in [2.05, 4.69) is 5.32 Å². The van der Waals surface area contributed by atoms with E-state index in [9.17, 15) is 9.59 Å². The van der Waals surface area contributed by atoms with E-state index in [4.69, 9.17) is 9.47 Å². The largest absolute Gasteiger partial charge is 0.497 e. The molecule has 27 heavy (non-hydrogen) atoms. The molecule has 2 aliphatic heterocycles. The molecule has 1 atom stereocenters. The Hall–Kier alpha value is -2.12. The van der Waals surface area contributed by atoms with Crippen LogP contribution in [0.1, 0.15) is 29.6 Å². The summed E-state index contributed by atoms with van der Waals surface area (Å²) in [6.45, 7) is 4.78. The molecule has 0 aliphatic carbocycles. The highest BCUT2D eigenvalue weighted by Gasteiger charge is 2.25. The van der Waals surface area contributed by atoms with E-state index in [1.165, 1.54) is 0 Å². The summed E-state index contributed by atoms with van der Waals surface area (Å²) in [4.78, 5) is 29.2. The summed E-state index contributed by atoms with van der Waals surface area (Å²) in [5, 5.41) is 3.25. The minimum Gasteiger partial charge on any atom is -0.497 e. The number of carbonyl (C=O) groups excluding carboxylic acids is 2. The topological polar surface area (TPSA) is 71.1 Å². The second-order valence-electron chi connectivity index (χ2n) is 7.00. The third kappa shape index (κ3) is 5.43. The summed E-state index contributed by atoms with van der Waals surface area (Å²) in [5.41, 5.74) is 0.571. The van der Waals surface area contributed by atoms with Crippen LogP contribution >= 0.6 is 0 Å². The van der Waals surface area contributed by atoms with Crippen LogP contribution in [0.5, 0.6) is 5.75 Å². The summed E-state index contributed by atoms with van der Waals surface area (Å²) >= 11 is 0. The molecule has 2 aliphatic rings. The molecule has 7 nitrogen and oxygen atoms in total. The number of carbonyl (C=O) groups is 2. The van der Waals surface area contributed by atoms with E-state index in [0.717, 1.165) is 45.6 Å². The number of nitrogens with zero attached hydrogens (tertiary/aromatic N) is 2. The number of rotatable bonds is 7. The van der Waals surface area contributed by atoms with Gasteiger partial charge in [-0.25, -0.2) is 0 Å². The Bertz CT molecular complexity index is 640. The average Bonchev–Trinajstić information content (AvgIpc) is 3.24. The zero-order valence-corrected chi connectivity index (χ0v) is 16.0. The molecular weight excluding hydrogens is 346 g/mol. The van der Waals surface area contributed by atoms with Crippen molar-refractivity contribution in [2.24, 2.45) is 0 Å². The van der Waals surface area contributed by atoms with E-state index in [-0.39, 0.29) is 17.9 Å². The van der Waals surface area contributed by atoms with Crippen molar-refractivity contribution < 1.29 is 19.1 Å². The van der Waals surface area contributed by atoms with Gasteiger partial charge in [-0.15, -0.1) is 0 Å². The van der Waals surface area contributed by atoms with Gasteiger partial charge in [-0.05, 0) is 31.0 Å². The Morgan fingerprint density at radius 1 is 1.33 bits per heavy atom. The number of hydrogen-bond donors (Lipinski definition) is 1. The Morgan fingerprint density at radius 3 is 2.85 bits per heavy atom. The molecule has 0 radical (unpaired) electrons. The van der Waals surface area contributed by atoms with Crippen molar-refractivity contribution in [1.82, 2.24) is 15.1 Å². The van der Waals surface area contributed by atoms with Crippen LogP contribution in [0.4, 0.5) is 0 Å². The van der Waals surface area contributed by atoms with E-state index >= 15 is 0 Å². The van der Waals surface area contributed by atoms with E-state index in [1.807, 2.05) is 17.0 Å². The summed E-state index contributed by atoms with van der Waals surface area (Å²) in [6, 6.07) is 7.14. The van der Waals surface area contributed by atoms with Gasteiger partial charge < -0.3 is 24.6 Å². The SMILES string of the molecule is COc1cccc(C(=O)N(CCC(=O)N2CCNCC2)C[C@@H]2CCCO2)c1. The molecule has 1 aromatic carbocycles. The molecule has 2 fully saturated rings. The lowest BCUT2D eigenvalue weighted by Crippen LogP contribution is -2.47. The number of ether oxygens (including phenoxy) is 2. The molecule has 0 bridgehead atoms. The van der Waals surface area contributed by atoms with Crippen LogP contribution in [0.2, 0.25) is 0 Å². The first-order valence-electron chi connectivity index (χ1n) is 9.71. The van der Waals surface area contributed by atoms with Gasteiger partial charge in [0.15, 0.2) is 0 Å². The lowest BCUT2D eigenvalue weighted by atomic mass is 10.1. The summed E-state index contributed by atoms with van der Waals surface area (Å²) in [5.74, 6) is 0.666. The minimum atomic E-state index is -0.0856. The molecule has 3 rings (SSSR count). The second-order valence-corrected chi connectivity index (χ2v) is 7.00. The molecule has 0 saturated carbocycles. The maximum Gasteiger partial charge on any atom is 0.254 e. The maximum atomic E-state index is 13.1. The molecule has 148 valence electrons. The van der Waals surface area contributed by atoms with E-state index < -0.39 is 0 Å². The first-order valence-corrected chi connectivity index (χ1v) is 9.71. The molecule has 1 N–H and O–H groups in total. The summed E-state index contributed by atoms with van der Waals surface area (Å²) in [6.07, 6.45) is 2.36. The van der Waals surface area contributed by atoms with Gasteiger partial charge in [0.1, 0.15) is 5.75 Å². The number of hydrogen-bond acceptors (Lipinski definition) is 5. The Labute approximate surface area is 160 Å². The second kappa shape index (κ2) is 9.71. The number of amides is 2. The van der Waals surface area contributed by atoms with Crippen LogP contribution in [0.25, 0.3) is 0 Å². The van der Waals surface area contributed by atoms with Crippen LogP contribution in [-0.2, 0) is 9.53 Å². The normalized spacial score (nSPS) is 19.7. The molecule has 1 aromatic rings. The maximum absolute atomic E-state index is 13.1. The number of piperazine rings is 1. The van der Waals surface area contributed by atoms with Crippen molar-refractivity contribution in [3.63, 3.8) is 0 Å². The third-order valence-corrected chi connectivity index (χ3v) is 5.12. The highest BCUT2D eigenvalue weighted by molar-refractivity contribution is 5.95. The predicted octanol–water partition coefficient (Wildman–Crippen LogP) is 1.14. The molecule has 2 saturated heterocycles. The van der Waals surface area contributed by atoms with Gasteiger partial charge in [-0.1, -0.05) is 6.07 Å². The Morgan fingerprint density at radius 2 is 2.15 bits per heavy atom. The van der Waals surface area contributed by atoms with Crippen molar-refractivity contribution in [3.8, 4) is 5.75 Å². The minimum absolute atomic E-state index is 0.0499. The molecule has 0 unspecified atom stereocenters.